The highest BCUT2D eigenvalue weighted by atomic mass is 16.3. The van der Waals surface area contributed by atoms with Crippen molar-refractivity contribution < 1.29 is 9.90 Å². The number of hydrogen-bond acceptors (Lipinski definition) is 3. The summed E-state index contributed by atoms with van der Waals surface area (Å²) in [6, 6.07) is 0. The van der Waals surface area contributed by atoms with Crippen LogP contribution in [0.2, 0.25) is 0 Å². The molecule has 1 heterocycles. The van der Waals surface area contributed by atoms with Crippen molar-refractivity contribution in [2.45, 2.75) is 73.6 Å². The summed E-state index contributed by atoms with van der Waals surface area (Å²) in [4.78, 5) is 24.5. The molecule has 0 atom stereocenters. The van der Waals surface area contributed by atoms with E-state index in [0.29, 0.717) is 17.2 Å². The molecule has 1 fully saturated rings. The van der Waals surface area contributed by atoms with E-state index >= 15 is 0 Å². The second-order valence-electron chi connectivity index (χ2n) is 5.92. The van der Waals surface area contributed by atoms with E-state index in [-0.39, 0.29) is 11.3 Å². The van der Waals surface area contributed by atoms with E-state index in [1.54, 1.807) is 20.9 Å². The van der Waals surface area contributed by atoms with Crippen LogP contribution in [-0.4, -0.2) is 15.5 Å². The minimum atomic E-state index is -0.436. The number of hydrogen-bond donors (Lipinski definition) is 1. The third-order valence-electron chi connectivity index (χ3n) is 4.57. The minimum Gasteiger partial charge on any atom is -0.507 e. The number of rotatable bonds is 3. The largest absolute Gasteiger partial charge is 0.507 e. The third kappa shape index (κ3) is 5.87. The molecule has 0 saturated heterocycles. The van der Waals surface area contributed by atoms with Gasteiger partial charge in [-0.2, -0.15) is 0 Å². The van der Waals surface area contributed by atoms with E-state index < -0.39 is 11.3 Å². The van der Waals surface area contributed by atoms with Gasteiger partial charge in [-0.1, -0.05) is 53.0 Å². The Hall–Kier alpha value is -1.84. The number of ketones is 1. The van der Waals surface area contributed by atoms with Crippen molar-refractivity contribution in [1.29, 1.82) is 0 Å². The molecule has 1 N–H and O–H groups in total. The van der Waals surface area contributed by atoms with Gasteiger partial charge in [0.1, 0.15) is 11.3 Å². The smallest absolute Gasteiger partial charge is 0.265 e. The van der Waals surface area contributed by atoms with E-state index in [9.17, 15) is 14.7 Å². The van der Waals surface area contributed by atoms with Crippen molar-refractivity contribution in [3.05, 3.63) is 39.3 Å². The number of allylic oxidation sites excluding steroid dienone is 2. The molecular weight excluding hydrogens is 314 g/mol. The lowest BCUT2D eigenvalue weighted by Crippen LogP contribution is -2.26. The maximum Gasteiger partial charge on any atom is 0.265 e. The summed E-state index contributed by atoms with van der Waals surface area (Å²) < 4.78 is 1.41. The monoisotopic (exact) mass is 349 g/mol. The van der Waals surface area contributed by atoms with Crippen LogP contribution >= 0.6 is 0 Å². The van der Waals surface area contributed by atoms with Gasteiger partial charge in [-0.3, -0.25) is 9.59 Å². The second-order valence-corrected chi connectivity index (χ2v) is 5.92. The highest BCUT2D eigenvalue weighted by Crippen LogP contribution is 2.26. The zero-order valence-electron chi connectivity index (χ0n) is 17.0. The van der Waals surface area contributed by atoms with Crippen LogP contribution in [0.5, 0.6) is 5.75 Å². The Balaban J connectivity index is 0.00000134. The summed E-state index contributed by atoms with van der Waals surface area (Å²) in [5.74, 6) is -0.170. The van der Waals surface area contributed by atoms with Gasteiger partial charge in [-0.25, -0.2) is 0 Å². The lowest BCUT2D eigenvalue weighted by Gasteiger charge is -2.17. The first kappa shape index (κ1) is 23.2. The fourth-order valence-electron chi connectivity index (χ4n) is 2.89. The fraction of sp³-hybridized carbons (Fsp3) is 0.619. The van der Waals surface area contributed by atoms with E-state index in [1.165, 1.54) is 29.9 Å². The number of carbonyl (C=O) groups is 1. The van der Waals surface area contributed by atoms with Gasteiger partial charge in [0.15, 0.2) is 5.78 Å². The fourth-order valence-corrected chi connectivity index (χ4v) is 2.89. The Labute approximate surface area is 152 Å². The van der Waals surface area contributed by atoms with Crippen LogP contribution in [0.25, 0.3) is 0 Å². The van der Waals surface area contributed by atoms with Gasteiger partial charge in [-0.05, 0) is 38.7 Å². The van der Waals surface area contributed by atoms with Crippen LogP contribution in [0, 0.1) is 19.8 Å². The molecule has 0 unspecified atom stereocenters. The summed E-state index contributed by atoms with van der Waals surface area (Å²) >= 11 is 0. The molecule has 0 bridgehead atoms. The molecule has 0 aromatic carbocycles. The predicted molar refractivity (Wildman–Crippen MR) is 106 cm³/mol. The zero-order valence-corrected chi connectivity index (χ0v) is 17.0. The van der Waals surface area contributed by atoms with Crippen LogP contribution in [-0.2, 0) is 7.05 Å². The van der Waals surface area contributed by atoms with Crippen molar-refractivity contribution >= 4 is 5.78 Å². The lowest BCUT2D eigenvalue weighted by molar-refractivity contribution is 0.104. The Morgan fingerprint density at radius 2 is 1.60 bits per heavy atom. The SMILES string of the molecule is CC.CC.Cc1c(O)c(C(=O)/C=C/C2CCCCC2)c(=O)n(C)c1C. The van der Waals surface area contributed by atoms with Crippen LogP contribution in [0.4, 0.5) is 0 Å². The number of aromatic hydroxyl groups is 1. The molecule has 4 heteroatoms. The van der Waals surface area contributed by atoms with E-state index in [0.717, 1.165) is 12.8 Å². The van der Waals surface area contributed by atoms with Crippen molar-refractivity contribution in [2.24, 2.45) is 13.0 Å². The van der Waals surface area contributed by atoms with Crippen LogP contribution in [0.3, 0.4) is 0 Å². The first-order valence-electron chi connectivity index (χ1n) is 9.55. The van der Waals surface area contributed by atoms with Crippen LogP contribution in [0.15, 0.2) is 16.9 Å². The standard InChI is InChI=1S/C17H23NO3.2C2H6/c1-11-12(2)18(3)17(21)15(16(11)20)14(19)10-9-13-7-5-4-6-8-13;2*1-2/h9-10,13,20H,4-8H2,1-3H3;2*1-2H3/b10-9+;;. The molecule has 25 heavy (non-hydrogen) atoms. The van der Waals surface area contributed by atoms with Gasteiger partial charge < -0.3 is 9.67 Å². The first-order chi connectivity index (χ1) is 11.9. The molecule has 2 rings (SSSR count). The van der Waals surface area contributed by atoms with Gasteiger partial charge in [-0.15, -0.1) is 0 Å². The van der Waals surface area contributed by atoms with Crippen molar-refractivity contribution in [3.63, 3.8) is 0 Å². The van der Waals surface area contributed by atoms with Gasteiger partial charge >= 0.3 is 0 Å². The first-order valence-corrected chi connectivity index (χ1v) is 9.55. The van der Waals surface area contributed by atoms with Gasteiger partial charge in [0, 0.05) is 18.3 Å². The Kier molecular flexibility index (Phi) is 10.8. The van der Waals surface area contributed by atoms with Crippen molar-refractivity contribution in [3.8, 4) is 5.75 Å². The van der Waals surface area contributed by atoms with Gasteiger partial charge in [0.25, 0.3) is 5.56 Å². The molecule has 142 valence electrons. The maximum atomic E-state index is 12.3. The van der Waals surface area contributed by atoms with Crippen molar-refractivity contribution in [1.82, 2.24) is 4.57 Å². The van der Waals surface area contributed by atoms with Gasteiger partial charge in [0.2, 0.25) is 0 Å². The quantitative estimate of drug-likeness (QED) is 0.611. The van der Waals surface area contributed by atoms with Gasteiger partial charge in [0.05, 0.1) is 0 Å². The molecule has 4 nitrogen and oxygen atoms in total. The molecule has 1 aromatic heterocycles. The average Bonchev–Trinajstić information content (AvgIpc) is 2.67. The van der Waals surface area contributed by atoms with Crippen LogP contribution < -0.4 is 5.56 Å². The molecule has 0 amide bonds. The summed E-state index contributed by atoms with van der Waals surface area (Å²) in [7, 11) is 1.62. The molecule has 1 saturated carbocycles. The second kappa shape index (κ2) is 11.7. The Morgan fingerprint density at radius 1 is 1.08 bits per heavy atom. The number of nitrogens with zero attached hydrogens (tertiary/aromatic N) is 1. The van der Waals surface area contributed by atoms with E-state index in [2.05, 4.69) is 0 Å². The number of carbonyl (C=O) groups excluding carboxylic acids is 1. The van der Waals surface area contributed by atoms with E-state index in [4.69, 9.17) is 0 Å². The molecule has 1 aliphatic rings. The average molecular weight is 350 g/mol. The number of aromatic nitrogens is 1. The lowest BCUT2D eigenvalue weighted by atomic mass is 9.88. The molecular formula is C21H35NO3. The molecule has 0 radical (unpaired) electrons. The summed E-state index contributed by atoms with van der Waals surface area (Å²) in [5.41, 5.74) is 0.693. The Bertz CT molecular complexity index is 636. The summed E-state index contributed by atoms with van der Waals surface area (Å²) in [6.07, 6.45) is 9.20. The normalized spacial score (nSPS) is 14.4. The summed E-state index contributed by atoms with van der Waals surface area (Å²) in [5, 5.41) is 10.1. The highest BCUT2D eigenvalue weighted by molar-refractivity contribution is 6.06. The molecule has 1 aliphatic carbocycles. The maximum absolute atomic E-state index is 12.3. The molecule has 1 aromatic rings. The third-order valence-corrected chi connectivity index (χ3v) is 4.57. The summed E-state index contributed by atoms with van der Waals surface area (Å²) in [6.45, 7) is 11.5. The zero-order chi connectivity index (χ0) is 19.6. The van der Waals surface area contributed by atoms with Crippen LogP contribution in [0.1, 0.15) is 81.4 Å². The number of pyridine rings is 1. The molecule has 0 spiro atoms. The van der Waals surface area contributed by atoms with Crippen molar-refractivity contribution in [2.75, 3.05) is 0 Å². The molecule has 0 aliphatic heterocycles. The minimum absolute atomic E-state index is 0.118. The highest BCUT2D eigenvalue weighted by Gasteiger charge is 2.20. The Morgan fingerprint density at radius 3 is 2.12 bits per heavy atom. The predicted octanol–water partition coefficient (Wildman–Crippen LogP) is 5.08. The van der Waals surface area contributed by atoms with E-state index in [1.807, 2.05) is 33.8 Å². The topological polar surface area (TPSA) is 59.3 Å².